The summed E-state index contributed by atoms with van der Waals surface area (Å²) in [6.45, 7) is 6.12. The van der Waals surface area contributed by atoms with Crippen LogP contribution in [0.3, 0.4) is 0 Å². The van der Waals surface area contributed by atoms with Crippen LogP contribution < -0.4 is 5.32 Å². The maximum absolute atomic E-state index is 12.6. The molecule has 2 saturated heterocycles. The summed E-state index contributed by atoms with van der Waals surface area (Å²) in [7, 11) is 0. The molecular weight excluding hydrogens is 262 g/mol. The molecule has 2 aliphatic rings. The summed E-state index contributed by atoms with van der Waals surface area (Å²) < 4.78 is 0. The van der Waals surface area contributed by atoms with Gasteiger partial charge in [0.1, 0.15) is 0 Å². The number of nitrogens with one attached hydrogen (secondary N) is 1. The Labute approximate surface area is 126 Å². The predicted molar refractivity (Wildman–Crippen MR) is 83.2 cm³/mol. The summed E-state index contributed by atoms with van der Waals surface area (Å²) in [5, 5.41) is 3.51. The lowest BCUT2D eigenvalue weighted by atomic mass is 9.80. The Morgan fingerprint density at radius 3 is 2.76 bits per heavy atom. The average molecular weight is 287 g/mol. The Kier molecular flexibility index (Phi) is 4.54. The van der Waals surface area contributed by atoms with E-state index in [1.165, 1.54) is 25.9 Å². The second-order valence-electron chi connectivity index (χ2n) is 6.43. The lowest BCUT2D eigenvalue weighted by molar-refractivity contribution is 0.0644. The third kappa shape index (κ3) is 3.26. The van der Waals surface area contributed by atoms with Gasteiger partial charge >= 0.3 is 0 Å². The van der Waals surface area contributed by atoms with Crippen molar-refractivity contribution in [1.29, 1.82) is 0 Å². The monoisotopic (exact) mass is 287 g/mol. The van der Waals surface area contributed by atoms with Gasteiger partial charge in [-0.1, -0.05) is 0 Å². The Hall–Kier alpha value is -1.42. The van der Waals surface area contributed by atoms with Gasteiger partial charge < -0.3 is 10.2 Å². The van der Waals surface area contributed by atoms with E-state index in [0.29, 0.717) is 0 Å². The third-order valence-electron chi connectivity index (χ3n) is 5.10. The van der Waals surface area contributed by atoms with Crippen molar-refractivity contribution >= 4 is 5.91 Å². The molecule has 1 N–H and O–H groups in total. The maximum Gasteiger partial charge on any atom is 0.255 e. The smallest absolute Gasteiger partial charge is 0.255 e. The Morgan fingerprint density at radius 1 is 1.29 bits per heavy atom. The molecule has 1 unspecified atom stereocenters. The summed E-state index contributed by atoms with van der Waals surface area (Å²) in [4.78, 5) is 18.7. The van der Waals surface area contributed by atoms with Crippen LogP contribution in [0.1, 0.15) is 41.6 Å². The fourth-order valence-electron chi connectivity index (χ4n) is 3.71. The number of pyridine rings is 1. The molecule has 0 saturated carbocycles. The average Bonchev–Trinajstić information content (AvgIpc) is 2.56. The van der Waals surface area contributed by atoms with E-state index in [9.17, 15) is 4.79 Å². The topological polar surface area (TPSA) is 45.2 Å². The van der Waals surface area contributed by atoms with Gasteiger partial charge in [0, 0.05) is 25.5 Å². The van der Waals surface area contributed by atoms with Crippen molar-refractivity contribution in [3.8, 4) is 0 Å². The molecule has 1 atom stereocenters. The van der Waals surface area contributed by atoms with E-state index in [2.05, 4.69) is 10.3 Å². The van der Waals surface area contributed by atoms with Gasteiger partial charge in [0.15, 0.2) is 0 Å². The standard InChI is InChI=1S/C17H25N3O/c1-13-4-8-19-12-16(13)17(21)20-9-5-14(6-10-20)15-3-2-7-18-11-15/h4,8,12,14-15,18H,2-3,5-7,9-11H2,1H3. The first-order valence-corrected chi connectivity index (χ1v) is 8.16. The quantitative estimate of drug-likeness (QED) is 0.907. The molecule has 1 aromatic heterocycles. The Balaban J connectivity index is 1.58. The molecule has 2 fully saturated rings. The number of carbonyl (C=O) groups excluding carboxylic acids is 1. The zero-order valence-electron chi connectivity index (χ0n) is 12.8. The first kappa shape index (κ1) is 14.5. The van der Waals surface area contributed by atoms with E-state index in [4.69, 9.17) is 0 Å². The van der Waals surface area contributed by atoms with E-state index in [0.717, 1.165) is 48.9 Å². The SMILES string of the molecule is Cc1ccncc1C(=O)N1CCC(C2CCCNC2)CC1. The zero-order valence-corrected chi connectivity index (χ0v) is 12.8. The van der Waals surface area contributed by atoms with Crippen molar-refractivity contribution in [3.63, 3.8) is 0 Å². The minimum atomic E-state index is 0.154. The maximum atomic E-state index is 12.6. The van der Waals surface area contributed by atoms with Crippen molar-refractivity contribution in [2.24, 2.45) is 11.8 Å². The van der Waals surface area contributed by atoms with Crippen LogP contribution in [-0.2, 0) is 0 Å². The van der Waals surface area contributed by atoms with E-state index >= 15 is 0 Å². The molecule has 0 aliphatic carbocycles. The van der Waals surface area contributed by atoms with E-state index in [1.807, 2.05) is 17.9 Å². The lowest BCUT2D eigenvalue weighted by Gasteiger charge is -2.38. The minimum absolute atomic E-state index is 0.154. The molecule has 3 rings (SSSR count). The van der Waals surface area contributed by atoms with Crippen LogP contribution in [0.15, 0.2) is 18.5 Å². The molecule has 1 amide bonds. The van der Waals surface area contributed by atoms with Gasteiger partial charge in [-0.2, -0.15) is 0 Å². The fourth-order valence-corrected chi connectivity index (χ4v) is 3.71. The predicted octanol–water partition coefficient (Wildman–Crippen LogP) is 2.24. The van der Waals surface area contributed by atoms with E-state index in [-0.39, 0.29) is 5.91 Å². The number of aromatic nitrogens is 1. The van der Waals surface area contributed by atoms with Crippen molar-refractivity contribution in [2.75, 3.05) is 26.2 Å². The number of aryl methyl sites for hydroxylation is 1. The molecule has 114 valence electrons. The van der Waals surface area contributed by atoms with Gasteiger partial charge in [-0.05, 0) is 69.2 Å². The van der Waals surface area contributed by atoms with Gasteiger partial charge in [0.25, 0.3) is 5.91 Å². The Morgan fingerprint density at radius 2 is 2.10 bits per heavy atom. The van der Waals surface area contributed by atoms with Gasteiger partial charge in [-0.15, -0.1) is 0 Å². The van der Waals surface area contributed by atoms with E-state index < -0.39 is 0 Å². The number of rotatable bonds is 2. The number of hydrogen-bond donors (Lipinski definition) is 1. The van der Waals surface area contributed by atoms with Gasteiger partial charge in [0.2, 0.25) is 0 Å². The van der Waals surface area contributed by atoms with Crippen molar-refractivity contribution in [1.82, 2.24) is 15.2 Å². The van der Waals surface area contributed by atoms with Gasteiger partial charge in [0.05, 0.1) is 5.56 Å². The van der Waals surface area contributed by atoms with Crippen LogP contribution in [0.2, 0.25) is 0 Å². The van der Waals surface area contributed by atoms with E-state index in [1.54, 1.807) is 12.4 Å². The minimum Gasteiger partial charge on any atom is -0.339 e. The zero-order chi connectivity index (χ0) is 14.7. The summed E-state index contributed by atoms with van der Waals surface area (Å²) >= 11 is 0. The molecule has 1 aromatic rings. The van der Waals surface area contributed by atoms with Gasteiger partial charge in [-0.3, -0.25) is 9.78 Å². The second kappa shape index (κ2) is 6.56. The summed E-state index contributed by atoms with van der Waals surface area (Å²) in [6.07, 6.45) is 8.41. The number of likely N-dealkylation sites (tertiary alicyclic amines) is 1. The highest BCUT2D eigenvalue weighted by Crippen LogP contribution is 2.30. The normalized spacial score (nSPS) is 24.0. The molecule has 4 heteroatoms. The van der Waals surface area contributed by atoms with Crippen LogP contribution in [0.25, 0.3) is 0 Å². The molecule has 0 radical (unpaired) electrons. The second-order valence-corrected chi connectivity index (χ2v) is 6.43. The van der Waals surface area contributed by atoms with Crippen molar-refractivity contribution in [2.45, 2.75) is 32.6 Å². The van der Waals surface area contributed by atoms with Gasteiger partial charge in [-0.25, -0.2) is 0 Å². The third-order valence-corrected chi connectivity index (χ3v) is 5.10. The van der Waals surface area contributed by atoms with Crippen LogP contribution in [0.4, 0.5) is 0 Å². The van der Waals surface area contributed by atoms with Crippen molar-refractivity contribution in [3.05, 3.63) is 29.6 Å². The first-order valence-electron chi connectivity index (χ1n) is 8.16. The van der Waals surface area contributed by atoms with Crippen LogP contribution >= 0.6 is 0 Å². The molecule has 0 bridgehead atoms. The number of carbonyl (C=O) groups is 1. The largest absolute Gasteiger partial charge is 0.339 e. The van der Waals surface area contributed by atoms with Crippen LogP contribution in [-0.4, -0.2) is 42.0 Å². The number of hydrogen-bond acceptors (Lipinski definition) is 3. The van der Waals surface area contributed by atoms with Crippen LogP contribution in [0.5, 0.6) is 0 Å². The Bertz CT molecular complexity index is 489. The molecule has 2 aliphatic heterocycles. The molecule has 0 aromatic carbocycles. The molecular formula is C17H25N3O. The first-order chi connectivity index (χ1) is 10.3. The highest BCUT2D eigenvalue weighted by Gasteiger charge is 2.29. The fraction of sp³-hybridized carbons (Fsp3) is 0.647. The van der Waals surface area contributed by atoms with Crippen LogP contribution in [0, 0.1) is 18.8 Å². The molecule has 4 nitrogen and oxygen atoms in total. The molecule has 3 heterocycles. The number of piperidine rings is 2. The van der Waals surface area contributed by atoms with Crippen molar-refractivity contribution < 1.29 is 4.79 Å². The molecule has 0 spiro atoms. The molecule has 21 heavy (non-hydrogen) atoms. The lowest BCUT2D eigenvalue weighted by Crippen LogP contribution is -2.43. The summed E-state index contributed by atoms with van der Waals surface area (Å²) in [5.41, 5.74) is 1.78. The number of nitrogens with zero attached hydrogens (tertiary/aromatic N) is 2. The highest BCUT2D eigenvalue weighted by molar-refractivity contribution is 5.95. The highest BCUT2D eigenvalue weighted by atomic mass is 16.2. The summed E-state index contributed by atoms with van der Waals surface area (Å²) in [6, 6.07) is 1.91. The number of amides is 1. The summed E-state index contributed by atoms with van der Waals surface area (Å²) in [5.74, 6) is 1.76.